The van der Waals surface area contributed by atoms with E-state index in [1.54, 1.807) is 0 Å². The molecule has 0 spiro atoms. The van der Waals surface area contributed by atoms with Crippen LogP contribution >= 0.6 is 0 Å². The molecule has 0 aromatic rings. The standard InChI is InChI=1S/C9H17N3O2/c1-2-7-9(14)11-8(13)6-12(7)5-3-4-10/h7H,2-6,10H2,1H3,(H,11,13,14). The van der Waals surface area contributed by atoms with Crippen LogP contribution in [0.4, 0.5) is 0 Å². The molecule has 2 amide bonds. The SMILES string of the molecule is CCC1C(=O)NC(=O)CN1CCCN. The zero-order valence-electron chi connectivity index (χ0n) is 8.45. The first-order chi connectivity index (χ1) is 6.69. The molecule has 1 atom stereocenters. The van der Waals surface area contributed by atoms with E-state index >= 15 is 0 Å². The summed E-state index contributed by atoms with van der Waals surface area (Å²) in [7, 11) is 0. The molecule has 1 saturated heterocycles. The van der Waals surface area contributed by atoms with Gasteiger partial charge in [0.15, 0.2) is 0 Å². The highest BCUT2D eigenvalue weighted by molar-refractivity contribution is 6.01. The number of nitrogens with one attached hydrogen (secondary N) is 1. The Morgan fingerprint density at radius 2 is 2.29 bits per heavy atom. The number of rotatable bonds is 4. The average molecular weight is 199 g/mol. The van der Waals surface area contributed by atoms with Gasteiger partial charge in [0, 0.05) is 6.54 Å². The average Bonchev–Trinajstić information content (AvgIpc) is 2.14. The molecule has 0 aromatic heterocycles. The van der Waals surface area contributed by atoms with Crippen LogP contribution in [0.5, 0.6) is 0 Å². The molecule has 1 heterocycles. The lowest BCUT2D eigenvalue weighted by Gasteiger charge is -2.33. The van der Waals surface area contributed by atoms with Gasteiger partial charge in [-0.05, 0) is 19.4 Å². The topological polar surface area (TPSA) is 75.4 Å². The first-order valence-electron chi connectivity index (χ1n) is 4.96. The maximum absolute atomic E-state index is 11.4. The van der Waals surface area contributed by atoms with Crippen LogP contribution < -0.4 is 11.1 Å². The van der Waals surface area contributed by atoms with Gasteiger partial charge in [0.1, 0.15) is 0 Å². The van der Waals surface area contributed by atoms with E-state index in [9.17, 15) is 9.59 Å². The molecule has 0 aliphatic carbocycles. The summed E-state index contributed by atoms with van der Waals surface area (Å²) >= 11 is 0. The number of nitrogens with zero attached hydrogens (tertiary/aromatic N) is 1. The van der Waals surface area contributed by atoms with Gasteiger partial charge >= 0.3 is 0 Å². The highest BCUT2D eigenvalue weighted by Crippen LogP contribution is 2.08. The molecule has 5 heteroatoms. The Hall–Kier alpha value is -0.940. The van der Waals surface area contributed by atoms with Gasteiger partial charge < -0.3 is 5.73 Å². The molecule has 0 aromatic carbocycles. The molecule has 80 valence electrons. The van der Waals surface area contributed by atoms with Crippen LogP contribution in [0.25, 0.3) is 0 Å². The van der Waals surface area contributed by atoms with Crippen molar-refractivity contribution >= 4 is 11.8 Å². The van der Waals surface area contributed by atoms with E-state index < -0.39 is 0 Å². The molecule has 14 heavy (non-hydrogen) atoms. The smallest absolute Gasteiger partial charge is 0.243 e. The van der Waals surface area contributed by atoms with E-state index in [0.29, 0.717) is 19.6 Å². The monoisotopic (exact) mass is 199 g/mol. The molecule has 1 rings (SSSR count). The third-order valence-corrected chi connectivity index (χ3v) is 2.39. The van der Waals surface area contributed by atoms with Gasteiger partial charge in [0.25, 0.3) is 0 Å². The fraction of sp³-hybridized carbons (Fsp3) is 0.778. The summed E-state index contributed by atoms with van der Waals surface area (Å²) < 4.78 is 0. The second-order valence-corrected chi connectivity index (χ2v) is 3.45. The molecular weight excluding hydrogens is 182 g/mol. The predicted octanol–water partition coefficient (Wildman–Crippen LogP) is -0.928. The lowest BCUT2D eigenvalue weighted by atomic mass is 10.1. The molecule has 0 bridgehead atoms. The maximum atomic E-state index is 11.4. The zero-order valence-corrected chi connectivity index (χ0v) is 8.45. The zero-order chi connectivity index (χ0) is 10.6. The van der Waals surface area contributed by atoms with Crippen molar-refractivity contribution in [2.45, 2.75) is 25.8 Å². The van der Waals surface area contributed by atoms with Crippen LogP contribution in [0.2, 0.25) is 0 Å². The van der Waals surface area contributed by atoms with Crippen LogP contribution in [0.15, 0.2) is 0 Å². The summed E-state index contributed by atoms with van der Waals surface area (Å²) in [6, 6.07) is -0.167. The van der Waals surface area contributed by atoms with Crippen molar-refractivity contribution in [2.24, 2.45) is 5.73 Å². The number of imide groups is 1. The van der Waals surface area contributed by atoms with Crippen molar-refractivity contribution in [3.8, 4) is 0 Å². The van der Waals surface area contributed by atoms with E-state index in [1.807, 2.05) is 11.8 Å². The van der Waals surface area contributed by atoms with Crippen molar-refractivity contribution in [1.29, 1.82) is 0 Å². The highest BCUT2D eigenvalue weighted by atomic mass is 16.2. The summed E-state index contributed by atoms with van der Waals surface area (Å²) in [5, 5.41) is 2.34. The molecule has 0 radical (unpaired) electrons. The van der Waals surface area contributed by atoms with Crippen LogP contribution in [0.3, 0.4) is 0 Å². The van der Waals surface area contributed by atoms with Crippen molar-refractivity contribution in [3.05, 3.63) is 0 Å². The van der Waals surface area contributed by atoms with Crippen LogP contribution in [0, 0.1) is 0 Å². The van der Waals surface area contributed by atoms with Crippen LogP contribution in [-0.4, -0.2) is 42.4 Å². The Morgan fingerprint density at radius 1 is 1.57 bits per heavy atom. The molecule has 0 saturated carbocycles. The first-order valence-corrected chi connectivity index (χ1v) is 4.96. The summed E-state index contributed by atoms with van der Waals surface area (Å²) in [5.41, 5.74) is 5.39. The van der Waals surface area contributed by atoms with Crippen molar-refractivity contribution in [3.63, 3.8) is 0 Å². The molecule has 1 unspecified atom stereocenters. The van der Waals surface area contributed by atoms with Gasteiger partial charge in [0.05, 0.1) is 12.6 Å². The Kier molecular flexibility index (Phi) is 4.03. The van der Waals surface area contributed by atoms with Crippen LogP contribution in [0.1, 0.15) is 19.8 Å². The Labute approximate surface area is 83.6 Å². The van der Waals surface area contributed by atoms with Crippen molar-refractivity contribution in [2.75, 3.05) is 19.6 Å². The third kappa shape index (κ3) is 2.52. The van der Waals surface area contributed by atoms with E-state index in [2.05, 4.69) is 5.32 Å². The Morgan fingerprint density at radius 3 is 2.86 bits per heavy atom. The van der Waals surface area contributed by atoms with E-state index in [4.69, 9.17) is 5.73 Å². The molecule has 1 aliphatic heterocycles. The Bertz CT molecular complexity index is 230. The van der Waals surface area contributed by atoms with E-state index in [0.717, 1.165) is 12.8 Å². The predicted molar refractivity (Wildman–Crippen MR) is 52.5 cm³/mol. The second-order valence-electron chi connectivity index (χ2n) is 3.45. The van der Waals surface area contributed by atoms with Crippen molar-refractivity contribution in [1.82, 2.24) is 10.2 Å². The number of carbonyl (C=O) groups is 2. The van der Waals surface area contributed by atoms with Gasteiger partial charge in [-0.3, -0.25) is 19.8 Å². The third-order valence-electron chi connectivity index (χ3n) is 2.39. The minimum atomic E-state index is -0.211. The minimum Gasteiger partial charge on any atom is -0.330 e. The molecule has 1 fully saturated rings. The fourth-order valence-electron chi connectivity index (χ4n) is 1.69. The molecule has 5 nitrogen and oxygen atoms in total. The summed E-state index contributed by atoms with van der Waals surface area (Å²) in [4.78, 5) is 24.4. The van der Waals surface area contributed by atoms with Gasteiger partial charge in [-0.25, -0.2) is 0 Å². The van der Waals surface area contributed by atoms with Gasteiger partial charge in [0.2, 0.25) is 11.8 Å². The Balaban J connectivity index is 2.58. The van der Waals surface area contributed by atoms with Crippen LogP contribution in [-0.2, 0) is 9.59 Å². The minimum absolute atomic E-state index is 0.167. The van der Waals surface area contributed by atoms with E-state index in [1.165, 1.54) is 0 Å². The quantitative estimate of drug-likeness (QED) is 0.574. The number of carbonyl (C=O) groups excluding carboxylic acids is 2. The number of hydrogen-bond donors (Lipinski definition) is 2. The number of nitrogens with two attached hydrogens (primary N) is 1. The number of hydrogen-bond acceptors (Lipinski definition) is 4. The summed E-state index contributed by atoms with van der Waals surface area (Å²) in [5.74, 6) is -0.391. The lowest BCUT2D eigenvalue weighted by Crippen LogP contribution is -2.58. The number of amides is 2. The number of piperazine rings is 1. The van der Waals surface area contributed by atoms with Gasteiger partial charge in [-0.2, -0.15) is 0 Å². The lowest BCUT2D eigenvalue weighted by molar-refractivity contribution is -0.140. The summed E-state index contributed by atoms with van der Waals surface area (Å²) in [6.45, 7) is 3.55. The van der Waals surface area contributed by atoms with Gasteiger partial charge in [-0.1, -0.05) is 6.92 Å². The normalized spacial score (nSPS) is 23.7. The highest BCUT2D eigenvalue weighted by Gasteiger charge is 2.31. The summed E-state index contributed by atoms with van der Waals surface area (Å²) in [6.07, 6.45) is 1.54. The first kappa shape index (κ1) is 11.1. The molecule has 3 N–H and O–H groups in total. The largest absolute Gasteiger partial charge is 0.330 e. The molecule has 1 aliphatic rings. The maximum Gasteiger partial charge on any atom is 0.243 e. The van der Waals surface area contributed by atoms with Gasteiger partial charge in [-0.15, -0.1) is 0 Å². The second kappa shape index (κ2) is 5.07. The fourth-order valence-corrected chi connectivity index (χ4v) is 1.69. The van der Waals surface area contributed by atoms with E-state index in [-0.39, 0.29) is 17.9 Å². The molecular formula is C9H17N3O2. The van der Waals surface area contributed by atoms with Crippen molar-refractivity contribution < 1.29 is 9.59 Å².